The van der Waals surface area contributed by atoms with Gasteiger partial charge in [0.05, 0.1) is 0 Å². The number of hydrogen-bond donors (Lipinski definition) is 0. The summed E-state index contributed by atoms with van der Waals surface area (Å²) in [6.45, 7) is 3.96. The molecule has 0 saturated carbocycles. The first-order valence-corrected chi connectivity index (χ1v) is 3.95. The van der Waals surface area contributed by atoms with Gasteiger partial charge in [0.1, 0.15) is 0 Å². The molecular formula is C7H9N2S. The van der Waals surface area contributed by atoms with Gasteiger partial charge in [0.2, 0.25) is 0 Å². The fourth-order valence-electron chi connectivity index (χ4n) is 0.576. The number of hydrogen-bond acceptors (Lipinski definition) is 3. The topological polar surface area (TPSA) is 25.8 Å². The Morgan fingerprint density at radius 2 is 2.20 bits per heavy atom. The van der Waals surface area contributed by atoms with Gasteiger partial charge in [0, 0.05) is 18.1 Å². The van der Waals surface area contributed by atoms with Crippen LogP contribution in [0.25, 0.3) is 0 Å². The molecule has 1 rings (SSSR count). The maximum absolute atomic E-state index is 4.18. The van der Waals surface area contributed by atoms with E-state index in [9.17, 15) is 0 Å². The maximum atomic E-state index is 4.18. The second-order valence-electron chi connectivity index (χ2n) is 2.07. The third-order valence-electron chi connectivity index (χ3n) is 1.33. The molecule has 1 aromatic heterocycles. The zero-order valence-corrected chi connectivity index (χ0v) is 6.90. The molecule has 0 fully saturated rings. The predicted octanol–water partition coefficient (Wildman–Crippen LogP) is 1.98. The Morgan fingerprint density at radius 1 is 1.50 bits per heavy atom. The molecule has 0 aromatic carbocycles. The second kappa shape index (κ2) is 3.01. The van der Waals surface area contributed by atoms with Crippen LogP contribution in [0.4, 0.5) is 0 Å². The fourth-order valence-corrected chi connectivity index (χ4v) is 0.904. The van der Waals surface area contributed by atoms with E-state index in [2.05, 4.69) is 16.2 Å². The number of rotatable bonds is 1. The van der Waals surface area contributed by atoms with Crippen LogP contribution in [0, 0.1) is 20.1 Å². The SMILES string of the molecule is [CH2]Sc1ncc(C)c(C)n1. The molecule has 0 aliphatic carbocycles. The van der Waals surface area contributed by atoms with E-state index in [1.165, 1.54) is 11.8 Å². The van der Waals surface area contributed by atoms with Crippen molar-refractivity contribution in [3.05, 3.63) is 23.7 Å². The molecule has 0 bridgehead atoms. The van der Waals surface area contributed by atoms with E-state index in [1.807, 2.05) is 20.0 Å². The summed E-state index contributed by atoms with van der Waals surface area (Å²) in [6, 6.07) is 0. The van der Waals surface area contributed by atoms with Gasteiger partial charge in [-0.15, -0.1) is 0 Å². The number of nitrogens with zero attached hydrogens (tertiary/aromatic N) is 2. The van der Waals surface area contributed by atoms with E-state index in [0.29, 0.717) is 0 Å². The highest BCUT2D eigenvalue weighted by molar-refractivity contribution is 8.00. The Hall–Kier alpha value is -0.570. The van der Waals surface area contributed by atoms with Crippen molar-refractivity contribution >= 4 is 11.8 Å². The molecular weight excluding hydrogens is 144 g/mol. The molecule has 0 aliphatic rings. The molecule has 1 radical (unpaired) electrons. The fraction of sp³-hybridized carbons (Fsp3) is 0.286. The van der Waals surface area contributed by atoms with Gasteiger partial charge in [-0.05, 0) is 19.4 Å². The molecule has 0 atom stereocenters. The van der Waals surface area contributed by atoms with Crippen molar-refractivity contribution in [2.45, 2.75) is 19.0 Å². The van der Waals surface area contributed by atoms with Crippen LogP contribution >= 0.6 is 11.8 Å². The molecule has 0 amide bonds. The summed E-state index contributed by atoms with van der Waals surface area (Å²) >= 11 is 1.32. The van der Waals surface area contributed by atoms with Gasteiger partial charge in [0.15, 0.2) is 5.16 Å². The quantitative estimate of drug-likeness (QED) is 0.455. The van der Waals surface area contributed by atoms with Crippen LogP contribution in [0.1, 0.15) is 11.3 Å². The first-order valence-electron chi connectivity index (χ1n) is 2.96. The van der Waals surface area contributed by atoms with Gasteiger partial charge in [-0.2, -0.15) is 0 Å². The summed E-state index contributed by atoms with van der Waals surface area (Å²) in [5.41, 5.74) is 2.15. The summed E-state index contributed by atoms with van der Waals surface area (Å²) < 4.78 is 0. The summed E-state index contributed by atoms with van der Waals surface area (Å²) in [5, 5.41) is 0.739. The van der Waals surface area contributed by atoms with E-state index in [4.69, 9.17) is 0 Å². The molecule has 2 nitrogen and oxygen atoms in total. The van der Waals surface area contributed by atoms with Gasteiger partial charge in [-0.3, -0.25) is 0 Å². The minimum Gasteiger partial charge on any atom is -0.231 e. The highest BCUT2D eigenvalue weighted by atomic mass is 32.2. The lowest BCUT2D eigenvalue weighted by Crippen LogP contribution is -1.90. The van der Waals surface area contributed by atoms with E-state index >= 15 is 0 Å². The minimum absolute atomic E-state index is 0.739. The molecule has 53 valence electrons. The highest BCUT2D eigenvalue weighted by Crippen LogP contribution is 2.11. The van der Waals surface area contributed by atoms with Crippen molar-refractivity contribution in [3.8, 4) is 0 Å². The monoisotopic (exact) mass is 153 g/mol. The van der Waals surface area contributed by atoms with E-state index in [-0.39, 0.29) is 0 Å². The summed E-state index contributed by atoms with van der Waals surface area (Å²) in [5.74, 6) is 0. The number of thioether (sulfide) groups is 1. The van der Waals surface area contributed by atoms with Gasteiger partial charge in [-0.1, -0.05) is 11.8 Å². The van der Waals surface area contributed by atoms with Crippen LogP contribution in [-0.2, 0) is 0 Å². The molecule has 0 aliphatic heterocycles. The molecule has 3 heteroatoms. The molecule has 0 unspecified atom stereocenters. The molecule has 0 spiro atoms. The third kappa shape index (κ3) is 1.48. The Labute approximate surface area is 65.1 Å². The van der Waals surface area contributed by atoms with Crippen LogP contribution in [0.5, 0.6) is 0 Å². The smallest absolute Gasteiger partial charge is 0.187 e. The highest BCUT2D eigenvalue weighted by Gasteiger charge is 1.95. The van der Waals surface area contributed by atoms with Gasteiger partial charge >= 0.3 is 0 Å². The third-order valence-corrected chi connectivity index (χ3v) is 1.79. The van der Waals surface area contributed by atoms with Crippen molar-refractivity contribution in [2.24, 2.45) is 0 Å². The minimum atomic E-state index is 0.739. The van der Waals surface area contributed by atoms with Crippen LogP contribution in [0.3, 0.4) is 0 Å². The van der Waals surface area contributed by atoms with Crippen LogP contribution in [0.15, 0.2) is 11.4 Å². The lowest BCUT2D eigenvalue weighted by Gasteiger charge is -1.98. The lowest BCUT2D eigenvalue weighted by molar-refractivity contribution is 0.916. The summed E-state index contributed by atoms with van der Waals surface area (Å²) in [6.07, 6.45) is 5.43. The molecule has 0 saturated heterocycles. The first-order chi connectivity index (χ1) is 4.74. The van der Waals surface area contributed by atoms with Gasteiger partial charge in [0.25, 0.3) is 0 Å². The molecule has 10 heavy (non-hydrogen) atoms. The second-order valence-corrected chi connectivity index (χ2v) is 2.72. The van der Waals surface area contributed by atoms with Crippen molar-refractivity contribution in [1.29, 1.82) is 0 Å². The van der Waals surface area contributed by atoms with Crippen molar-refractivity contribution in [2.75, 3.05) is 0 Å². The first kappa shape index (κ1) is 7.54. The Kier molecular flexibility index (Phi) is 2.27. The van der Waals surface area contributed by atoms with Crippen molar-refractivity contribution in [1.82, 2.24) is 9.97 Å². The molecule has 0 N–H and O–H groups in total. The van der Waals surface area contributed by atoms with Gasteiger partial charge < -0.3 is 0 Å². The Bertz CT molecular complexity index is 235. The average molecular weight is 153 g/mol. The summed E-state index contributed by atoms with van der Waals surface area (Å²) in [7, 11) is 0. The molecule has 1 heterocycles. The van der Waals surface area contributed by atoms with Crippen LogP contribution < -0.4 is 0 Å². The van der Waals surface area contributed by atoms with Crippen LogP contribution in [-0.4, -0.2) is 9.97 Å². The van der Waals surface area contributed by atoms with E-state index in [1.54, 1.807) is 0 Å². The summed E-state index contributed by atoms with van der Waals surface area (Å²) in [4.78, 5) is 8.23. The maximum Gasteiger partial charge on any atom is 0.187 e. The van der Waals surface area contributed by atoms with Crippen molar-refractivity contribution < 1.29 is 0 Å². The van der Waals surface area contributed by atoms with Gasteiger partial charge in [-0.25, -0.2) is 9.97 Å². The number of aryl methyl sites for hydroxylation is 2. The largest absolute Gasteiger partial charge is 0.231 e. The predicted molar refractivity (Wildman–Crippen MR) is 42.7 cm³/mol. The normalized spacial score (nSPS) is 9.90. The average Bonchev–Trinajstić information content (AvgIpc) is 1.95. The standard InChI is InChI=1S/C7H9N2S/c1-5-4-8-7(10-3)9-6(5)2/h4H,3H2,1-2H3. The Balaban J connectivity index is 3.04. The van der Waals surface area contributed by atoms with E-state index < -0.39 is 0 Å². The van der Waals surface area contributed by atoms with E-state index in [0.717, 1.165) is 16.4 Å². The van der Waals surface area contributed by atoms with Crippen LogP contribution in [0.2, 0.25) is 0 Å². The number of aromatic nitrogens is 2. The zero-order valence-electron chi connectivity index (χ0n) is 6.09. The zero-order chi connectivity index (χ0) is 7.56. The Morgan fingerprint density at radius 3 is 2.70 bits per heavy atom. The molecule has 1 aromatic rings. The lowest BCUT2D eigenvalue weighted by atomic mass is 10.3. The van der Waals surface area contributed by atoms with Crippen molar-refractivity contribution in [3.63, 3.8) is 0 Å².